The Balaban J connectivity index is 1.45. The van der Waals surface area contributed by atoms with Crippen LogP contribution in [0, 0.1) is 0 Å². The number of carbonyl (C=O) groups is 2. The summed E-state index contributed by atoms with van der Waals surface area (Å²) in [7, 11) is 0. The maximum absolute atomic E-state index is 12.5. The molecule has 1 aromatic rings. The summed E-state index contributed by atoms with van der Waals surface area (Å²) in [5.41, 5.74) is 0. The monoisotopic (exact) mass is 392 g/mol. The van der Waals surface area contributed by atoms with Crippen molar-refractivity contribution in [1.29, 1.82) is 0 Å². The summed E-state index contributed by atoms with van der Waals surface area (Å²) in [6.45, 7) is 4.26. The van der Waals surface area contributed by atoms with Crippen LogP contribution in [0.15, 0.2) is 22.8 Å². The number of hydrogen-bond acceptors (Lipinski definition) is 4. The van der Waals surface area contributed by atoms with Gasteiger partial charge in [0, 0.05) is 19.5 Å². The molecule has 2 saturated heterocycles. The zero-order valence-electron chi connectivity index (χ0n) is 16.5. The molecule has 2 fully saturated rings. The van der Waals surface area contributed by atoms with E-state index in [0.717, 1.165) is 44.5 Å². The molecule has 2 aliphatic heterocycles. The Kier molecular flexibility index (Phi) is 7.27. The predicted octanol–water partition coefficient (Wildman–Crippen LogP) is 4.42. The molecule has 0 N–H and O–H groups in total. The third-order valence-corrected chi connectivity index (χ3v) is 7.35. The van der Waals surface area contributed by atoms with Crippen molar-refractivity contribution in [2.45, 2.75) is 76.1 Å². The molecule has 2 amide bonds. The molecule has 1 aromatic heterocycles. The van der Waals surface area contributed by atoms with E-state index in [9.17, 15) is 9.59 Å². The van der Waals surface area contributed by atoms with Gasteiger partial charge in [0.05, 0.1) is 23.4 Å². The molecule has 0 unspecified atom stereocenters. The highest BCUT2D eigenvalue weighted by Gasteiger charge is 2.48. The van der Waals surface area contributed by atoms with Gasteiger partial charge in [-0.3, -0.25) is 9.59 Å². The van der Waals surface area contributed by atoms with Gasteiger partial charge in [-0.2, -0.15) is 0 Å². The minimum atomic E-state index is -0.166. The second-order valence-corrected chi connectivity index (χ2v) is 9.03. The molecule has 27 heavy (non-hydrogen) atoms. The number of carbonyl (C=O) groups excluding carboxylic acids is 2. The van der Waals surface area contributed by atoms with Crippen LogP contribution in [0.4, 0.5) is 0 Å². The maximum atomic E-state index is 12.5. The lowest BCUT2D eigenvalue weighted by Crippen LogP contribution is -2.52. The van der Waals surface area contributed by atoms with Gasteiger partial charge < -0.3 is 14.2 Å². The third kappa shape index (κ3) is 5.09. The van der Waals surface area contributed by atoms with E-state index < -0.39 is 0 Å². The second kappa shape index (κ2) is 9.67. The fourth-order valence-corrected chi connectivity index (χ4v) is 5.45. The van der Waals surface area contributed by atoms with E-state index in [-0.39, 0.29) is 16.7 Å². The zero-order valence-corrected chi connectivity index (χ0v) is 17.3. The number of nitrogens with zero attached hydrogens (tertiary/aromatic N) is 2. The number of piperidine rings is 1. The number of furan rings is 1. The largest absolute Gasteiger partial charge is 0.467 e. The Hall–Kier alpha value is -1.43. The van der Waals surface area contributed by atoms with Crippen molar-refractivity contribution in [2.24, 2.45) is 0 Å². The van der Waals surface area contributed by atoms with Crippen LogP contribution in [0.3, 0.4) is 0 Å². The van der Waals surface area contributed by atoms with Gasteiger partial charge in [-0.25, -0.2) is 0 Å². The van der Waals surface area contributed by atoms with Crippen molar-refractivity contribution < 1.29 is 14.0 Å². The Morgan fingerprint density at radius 3 is 2.63 bits per heavy atom. The molecule has 0 atom stereocenters. The van der Waals surface area contributed by atoms with E-state index in [0.29, 0.717) is 18.7 Å². The molecule has 0 bridgehead atoms. The molecule has 2 aliphatic rings. The minimum Gasteiger partial charge on any atom is -0.467 e. The Labute approximate surface area is 166 Å². The average molecular weight is 393 g/mol. The van der Waals surface area contributed by atoms with Gasteiger partial charge in [0.15, 0.2) is 0 Å². The van der Waals surface area contributed by atoms with Crippen molar-refractivity contribution in [1.82, 2.24) is 9.80 Å². The van der Waals surface area contributed by atoms with Crippen LogP contribution >= 0.6 is 11.8 Å². The summed E-state index contributed by atoms with van der Waals surface area (Å²) in [6, 6.07) is 3.78. The Morgan fingerprint density at radius 1 is 1.19 bits per heavy atom. The Morgan fingerprint density at radius 2 is 1.93 bits per heavy atom. The first-order chi connectivity index (χ1) is 13.1. The number of hydrogen-bond donors (Lipinski definition) is 0. The molecule has 1 spiro atoms. The quantitative estimate of drug-likeness (QED) is 0.584. The second-order valence-electron chi connectivity index (χ2n) is 7.69. The molecule has 0 saturated carbocycles. The van der Waals surface area contributed by atoms with Gasteiger partial charge in [0.2, 0.25) is 11.8 Å². The SMILES string of the molecule is CCCCCCCCC(=O)N1CCC2(CC1)SCC(=O)N2Cc1ccco1. The van der Waals surface area contributed by atoms with E-state index in [4.69, 9.17) is 4.42 Å². The lowest BCUT2D eigenvalue weighted by atomic mass is 10.0. The fourth-order valence-electron chi connectivity index (χ4n) is 4.10. The van der Waals surface area contributed by atoms with Gasteiger partial charge in [-0.15, -0.1) is 11.8 Å². The van der Waals surface area contributed by atoms with E-state index in [2.05, 4.69) is 6.92 Å². The molecule has 3 rings (SSSR count). The number of thioether (sulfide) groups is 1. The predicted molar refractivity (Wildman–Crippen MR) is 108 cm³/mol. The summed E-state index contributed by atoms with van der Waals surface area (Å²) in [4.78, 5) is 28.8. The third-order valence-electron chi connectivity index (χ3n) is 5.79. The van der Waals surface area contributed by atoms with E-state index in [1.165, 1.54) is 25.7 Å². The van der Waals surface area contributed by atoms with E-state index in [1.54, 1.807) is 18.0 Å². The molecule has 150 valence electrons. The van der Waals surface area contributed by atoms with Crippen molar-refractivity contribution in [3.8, 4) is 0 Å². The molecule has 0 aliphatic carbocycles. The van der Waals surface area contributed by atoms with Crippen LogP contribution in [0.2, 0.25) is 0 Å². The summed E-state index contributed by atoms with van der Waals surface area (Å²) in [5, 5.41) is 0. The van der Waals surface area contributed by atoms with Crippen molar-refractivity contribution in [2.75, 3.05) is 18.8 Å². The molecule has 6 heteroatoms. The van der Waals surface area contributed by atoms with E-state index >= 15 is 0 Å². The van der Waals surface area contributed by atoms with Crippen LogP contribution in [0.25, 0.3) is 0 Å². The molecule has 3 heterocycles. The first-order valence-corrected chi connectivity index (χ1v) is 11.4. The van der Waals surface area contributed by atoms with Gasteiger partial charge >= 0.3 is 0 Å². The lowest BCUT2D eigenvalue weighted by molar-refractivity contribution is -0.136. The van der Waals surface area contributed by atoms with Gasteiger partial charge in [0.25, 0.3) is 0 Å². The molecule has 0 aromatic carbocycles. The molecular weight excluding hydrogens is 360 g/mol. The van der Waals surface area contributed by atoms with Crippen LogP contribution in [0.1, 0.15) is 70.5 Å². The topological polar surface area (TPSA) is 53.8 Å². The van der Waals surface area contributed by atoms with Gasteiger partial charge in [-0.05, 0) is 31.4 Å². The zero-order chi connectivity index (χ0) is 19.1. The molecule has 0 radical (unpaired) electrons. The molecule has 5 nitrogen and oxygen atoms in total. The highest BCUT2D eigenvalue weighted by Crippen LogP contribution is 2.45. The fraction of sp³-hybridized carbons (Fsp3) is 0.714. The lowest BCUT2D eigenvalue weighted by Gasteiger charge is -2.43. The average Bonchev–Trinajstić information content (AvgIpc) is 3.30. The summed E-state index contributed by atoms with van der Waals surface area (Å²) < 4.78 is 5.45. The van der Waals surface area contributed by atoms with E-state index in [1.807, 2.05) is 21.9 Å². The summed E-state index contributed by atoms with van der Waals surface area (Å²) >= 11 is 1.74. The summed E-state index contributed by atoms with van der Waals surface area (Å²) in [5.74, 6) is 1.83. The van der Waals surface area contributed by atoms with Crippen molar-refractivity contribution in [3.05, 3.63) is 24.2 Å². The molecular formula is C21H32N2O3S. The first kappa shape index (κ1) is 20.3. The van der Waals surface area contributed by atoms with Crippen LogP contribution in [0.5, 0.6) is 0 Å². The standard InChI is InChI=1S/C21H32N2O3S/c1-2-3-4-5-6-7-10-19(24)22-13-11-21(12-14-22)23(20(25)17-27-21)16-18-9-8-15-26-18/h8-9,15H,2-7,10-14,16-17H2,1H3. The van der Waals surface area contributed by atoms with Crippen LogP contribution < -0.4 is 0 Å². The van der Waals surface area contributed by atoms with Crippen LogP contribution in [-0.4, -0.2) is 45.3 Å². The first-order valence-electron chi connectivity index (χ1n) is 10.4. The Bertz CT molecular complexity index is 609. The number of amides is 2. The smallest absolute Gasteiger partial charge is 0.234 e. The van der Waals surface area contributed by atoms with Gasteiger partial charge in [0.1, 0.15) is 5.76 Å². The van der Waals surface area contributed by atoms with Crippen molar-refractivity contribution >= 4 is 23.6 Å². The highest BCUT2D eigenvalue weighted by atomic mass is 32.2. The number of rotatable bonds is 9. The van der Waals surface area contributed by atoms with Gasteiger partial charge in [-0.1, -0.05) is 39.0 Å². The highest BCUT2D eigenvalue weighted by molar-refractivity contribution is 8.01. The minimum absolute atomic E-state index is 0.166. The van der Waals surface area contributed by atoms with Crippen molar-refractivity contribution in [3.63, 3.8) is 0 Å². The number of unbranched alkanes of at least 4 members (excludes halogenated alkanes) is 5. The number of likely N-dealkylation sites (tertiary alicyclic amines) is 1. The normalized spacial score (nSPS) is 19.2. The van der Waals surface area contributed by atoms with Crippen LogP contribution in [-0.2, 0) is 16.1 Å². The summed E-state index contributed by atoms with van der Waals surface area (Å²) in [6.07, 6.45) is 11.3. The maximum Gasteiger partial charge on any atom is 0.234 e.